The van der Waals surface area contributed by atoms with Gasteiger partial charge in [0.25, 0.3) is 0 Å². The first kappa shape index (κ1) is 15.4. The Kier molecular flexibility index (Phi) is 8.69. The average molecular weight is 216 g/mol. The van der Waals surface area contributed by atoms with Crippen LogP contribution in [0, 0.1) is 0 Å². The molecule has 0 bridgehead atoms. The third-order valence-electron chi connectivity index (χ3n) is 0.955. The number of hydrogen-bond donors (Lipinski definition) is 2. The number of esters is 1. The monoisotopic (exact) mass is 216 g/mol. The lowest BCUT2D eigenvalue weighted by atomic mass is 10.3. The molecule has 0 aromatic rings. The van der Waals surface area contributed by atoms with Gasteiger partial charge < -0.3 is 14.9 Å². The Labute approximate surface area is 86.5 Å². The Morgan fingerprint density at radius 2 is 1.73 bits per heavy atom. The molecule has 0 aliphatic rings. The number of ether oxygens (including phenoxy) is 1. The van der Waals surface area contributed by atoms with Gasteiger partial charge in [-0.25, -0.2) is 14.4 Å². The summed E-state index contributed by atoms with van der Waals surface area (Å²) in [6.07, 6.45) is 0.833. The van der Waals surface area contributed by atoms with Gasteiger partial charge in [-0.3, -0.25) is 0 Å². The van der Waals surface area contributed by atoms with Crippen molar-refractivity contribution in [1.82, 2.24) is 0 Å². The summed E-state index contributed by atoms with van der Waals surface area (Å²) in [5.74, 6) is -3.21. The van der Waals surface area contributed by atoms with Crippen LogP contribution in [0.4, 0.5) is 0 Å². The fraction of sp³-hybridized carbons (Fsp3) is 0.222. The molecule has 0 atom stereocenters. The van der Waals surface area contributed by atoms with E-state index < -0.39 is 23.5 Å². The topological polar surface area (TPSA) is 101 Å². The number of aliphatic carboxylic acids is 2. The van der Waals surface area contributed by atoms with Crippen LogP contribution in [-0.4, -0.2) is 34.7 Å². The second-order valence-corrected chi connectivity index (χ2v) is 2.05. The lowest BCUT2D eigenvalue weighted by Gasteiger charge is -1.98. The Morgan fingerprint density at radius 3 is 1.93 bits per heavy atom. The molecule has 0 aliphatic heterocycles. The van der Waals surface area contributed by atoms with Crippen LogP contribution in [0.5, 0.6) is 0 Å². The third kappa shape index (κ3) is 9.81. The van der Waals surface area contributed by atoms with E-state index in [2.05, 4.69) is 17.9 Å². The van der Waals surface area contributed by atoms with Gasteiger partial charge in [-0.05, 0) is 6.92 Å². The zero-order valence-electron chi connectivity index (χ0n) is 8.23. The minimum atomic E-state index is -1.35. The van der Waals surface area contributed by atoms with Gasteiger partial charge in [0.05, 0.1) is 6.61 Å². The van der Waals surface area contributed by atoms with E-state index in [0.29, 0.717) is 0 Å². The summed E-state index contributed by atoms with van der Waals surface area (Å²) >= 11 is 0. The van der Waals surface area contributed by atoms with Crippen LogP contribution in [0.2, 0.25) is 0 Å². The minimum absolute atomic E-state index is 0.158. The van der Waals surface area contributed by atoms with Gasteiger partial charge in [-0.2, -0.15) is 0 Å². The summed E-state index contributed by atoms with van der Waals surface area (Å²) in [6, 6.07) is 0. The zero-order valence-corrected chi connectivity index (χ0v) is 8.23. The van der Waals surface area contributed by atoms with Crippen molar-refractivity contribution in [2.24, 2.45) is 0 Å². The van der Waals surface area contributed by atoms with Crippen molar-refractivity contribution >= 4 is 17.9 Å². The Balaban J connectivity index is 0. The highest BCUT2D eigenvalue weighted by molar-refractivity contribution is 6.12. The van der Waals surface area contributed by atoms with E-state index >= 15 is 0 Å². The molecule has 0 spiro atoms. The number of carboxylic acids is 2. The highest BCUT2D eigenvalue weighted by Crippen LogP contribution is 1.93. The maximum Gasteiger partial charge on any atom is 0.344 e. The molecular formula is C9H12O6. The second kappa shape index (κ2) is 8.49. The van der Waals surface area contributed by atoms with Crippen LogP contribution in [0.3, 0.4) is 0 Å². The molecule has 84 valence electrons. The Morgan fingerprint density at radius 1 is 1.33 bits per heavy atom. The smallest absolute Gasteiger partial charge is 0.344 e. The molecule has 2 N–H and O–H groups in total. The highest BCUT2D eigenvalue weighted by Gasteiger charge is 2.14. The van der Waals surface area contributed by atoms with Crippen LogP contribution >= 0.6 is 0 Å². The van der Waals surface area contributed by atoms with Crippen LogP contribution in [0.1, 0.15) is 6.92 Å². The highest BCUT2D eigenvalue weighted by atomic mass is 16.5. The van der Waals surface area contributed by atoms with E-state index in [0.717, 1.165) is 6.08 Å². The molecule has 0 saturated heterocycles. The van der Waals surface area contributed by atoms with E-state index in [-0.39, 0.29) is 6.61 Å². The number of carboxylic acid groups (broad SMARTS) is 2. The first-order valence-corrected chi connectivity index (χ1v) is 3.81. The molecule has 0 radical (unpaired) electrons. The first-order chi connectivity index (χ1) is 6.86. The molecule has 0 unspecified atom stereocenters. The van der Waals surface area contributed by atoms with Crippen LogP contribution in [0.25, 0.3) is 0 Å². The van der Waals surface area contributed by atoms with E-state index in [9.17, 15) is 14.4 Å². The quantitative estimate of drug-likeness (QED) is 0.306. The summed E-state index contributed by atoms with van der Waals surface area (Å²) in [4.78, 5) is 29.7. The van der Waals surface area contributed by atoms with Gasteiger partial charge in [0, 0.05) is 6.08 Å². The molecule has 15 heavy (non-hydrogen) atoms. The van der Waals surface area contributed by atoms with E-state index in [4.69, 9.17) is 10.2 Å². The van der Waals surface area contributed by atoms with E-state index in [1.165, 1.54) is 0 Å². The van der Waals surface area contributed by atoms with Crippen molar-refractivity contribution < 1.29 is 29.3 Å². The SMILES string of the molecule is C=C(C(=O)O)C(=O)OCC.C=CC(=O)O. The largest absolute Gasteiger partial charge is 0.478 e. The van der Waals surface area contributed by atoms with Crippen molar-refractivity contribution in [2.45, 2.75) is 6.92 Å². The van der Waals surface area contributed by atoms with Gasteiger partial charge in [-0.1, -0.05) is 13.2 Å². The Bertz CT molecular complexity index is 278. The maximum absolute atomic E-state index is 10.5. The van der Waals surface area contributed by atoms with Crippen LogP contribution < -0.4 is 0 Å². The molecule has 0 aromatic carbocycles. The summed E-state index contributed by atoms with van der Waals surface area (Å²) < 4.78 is 4.35. The second-order valence-electron chi connectivity index (χ2n) is 2.05. The maximum atomic E-state index is 10.5. The van der Waals surface area contributed by atoms with Crippen molar-refractivity contribution in [1.29, 1.82) is 0 Å². The lowest BCUT2D eigenvalue weighted by molar-refractivity contribution is -0.143. The predicted molar refractivity (Wildman–Crippen MR) is 51.2 cm³/mol. The number of rotatable bonds is 4. The standard InChI is InChI=1S/C6H8O4.C3H4O2/c1-3-10-6(9)4(2)5(7)8;1-2-3(4)5/h2-3H2,1H3,(H,7,8);2H,1H2,(H,4,5). The molecule has 6 heteroatoms. The van der Waals surface area contributed by atoms with E-state index in [1.54, 1.807) is 6.92 Å². The minimum Gasteiger partial charge on any atom is -0.478 e. The summed E-state index contributed by atoms with van der Waals surface area (Å²) in [5.41, 5.74) is -0.540. The lowest BCUT2D eigenvalue weighted by Crippen LogP contribution is -2.13. The van der Waals surface area contributed by atoms with Crippen molar-refractivity contribution in [3.05, 3.63) is 24.8 Å². The van der Waals surface area contributed by atoms with Gasteiger partial charge in [-0.15, -0.1) is 0 Å². The summed E-state index contributed by atoms with van der Waals surface area (Å²) in [5, 5.41) is 15.8. The Hall–Kier alpha value is -2.11. The van der Waals surface area contributed by atoms with Crippen LogP contribution in [0.15, 0.2) is 24.8 Å². The van der Waals surface area contributed by atoms with Gasteiger partial charge in [0.15, 0.2) is 0 Å². The average Bonchev–Trinajstić information content (AvgIpc) is 2.17. The van der Waals surface area contributed by atoms with Crippen molar-refractivity contribution in [3.8, 4) is 0 Å². The summed E-state index contributed by atoms with van der Waals surface area (Å²) in [7, 11) is 0. The van der Waals surface area contributed by atoms with Gasteiger partial charge in [0.2, 0.25) is 0 Å². The van der Waals surface area contributed by atoms with Gasteiger partial charge >= 0.3 is 17.9 Å². The fourth-order valence-electron chi connectivity index (χ4n) is 0.306. The number of hydrogen-bond acceptors (Lipinski definition) is 4. The molecule has 0 rings (SSSR count). The molecule has 0 aromatic heterocycles. The molecule has 0 heterocycles. The van der Waals surface area contributed by atoms with Crippen molar-refractivity contribution in [3.63, 3.8) is 0 Å². The molecule has 0 aliphatic carbocycles. The zero-order chi connectivity index (χ0) is 12.4. The summed E-state index contributed by atoms with van der Waals surface area (Å²) in [6.45, 7) is 7.71. The normalized spacial score (nSPS) is 7.80. The van der Waals surface area contributed by atoms with Crippen molar-refractivity contribution in [2.75, 3.05) is 6.61 Å². The number of carbonyl (C=O) groups is 3. The fourth-order valence-corrected chi connectivity index (χ4v) is 0.306. The third-order valence-corrected chi connectivity index (χ3v) is 0.955. The molecule has 0 amide bonds. The molecule has 0 saturated carbocycles. The molecular weight excluding hydrogens is 204 g/mol. The molecule has 0 fully saturated rings. The predicted octanol–water partition coefficient (Wildman–Crippen LogP) is 0.447. The van der Waals surface area contributed by atoms with Crippen LogP contribution in [-0.2, 0) is 19.1 Å². The number of carbonyl (C=O) groups excluding carboxylic acids is 1. The first-order valence-electron chi connectivity index (χ1n) is 3.81. The molecule has 6 nitrogen and oxygen atoms in total. The van der Waals surface area contributed by atoms with Gasteiger partial charge in [0.1, 0.15) is 5.57 Å². The van der Waals surface area contributed by atoms with E-state index in [1.807, 2.05) is 0 Å².